The Morgan fingerprint density at radius 1 is 1.38 bits per heavy atom. The van der Waals surface area contributed by atoms with Crippen LogP contribution in [0.25, 0.3) is 5.65 Å². The van der Waals surface area contributed by atoms with Gasteiger partial charge in [-0.25, -0.2) is 9.78 Å². The predicted octanol–water partition coefficient (Wildman–Crippen LogP) is 2.22. The summed E-state index contributed by atoms with van der Waals surface area (Å²) in [5, 5.41) is 0. The van der Waals surface area contributed by atoms with Crippen molar-refractivity contribution in [1.29, 1.82) is 0 Å². The lowest BCUT2D eigenvalue weighted by atomic mass is 10.2. The zero-order valence-electron chi connectivity index (χ0n) is 11.4. The first kappa shape index (κ1) is 13.1. The number of imidazole rings is 1. The number of fused-ring (bicyclic) bond motifs is 1. The highest BCUT2D eigenvalue weighted by Gasteiger charge is 2.13. The van der Waals surface area contributed by atoms with Gasteiger partial charge in [0.2, 0.25) is 0 Å². The number of nitrogens with zero attached hydrogens (tertiary/aromatic N) is 2. The molecule has 0 aliphatic heterocycles. The van der Waals surface area contributed by atoms with Gasteiger partial charge in [0.25, 0.3) is 0 Å². The van der Waals surface area contributed by atoms with E-state index in [1.54, 1.807) is 6.20 Å². The van der Waals surface area contributed by atoms with Gasteiger partial charge in [-0.2, -0.15) is 0 Å². The minimum absolute atomic E-state index is 0.0783. The van der Waals surface area contributed by atoms with E-state index in [1.165, 1.54) is 19.2 Å². The number of H-pyrrole nitrogens is 1. The Labute approximate surface area is 120 Å². The summed E-state index contributed by atoms with van der Waals surface area (Å²) in [6, 6.07) is 7.14. The largest absolute Gasteiger partial charge is 0.454 e. The number of hydrogen-bond acceptors (Lipinski definition) is 4. The Morgan fingerprint density at radius 2 is 2.24 bits per heavy atom. The molecule has 0 saturated carbocycles. The Balaban J connectivity index is 1.68. The van der Waals surface area contributed by atoms with E-state index in [1.807, 2.05) is 28.8 Å². The molecule has 0 aromatic carbocycles. The van der Waals surface area contributed by atoms with Crippen LogP contribution in [0.2, 0.25) is 0 Å². The molecule has 0 spiro atoms. The molecule has 1 N–H and O–H groups in total. The molecule has 6 heteroatoms. The minimum atomic E-state index is -0.514. The molecule has 0 amide bonds. The third-order valence-electron chi connectivity index (χ3n) is 3.07. The fourth-order valence-corrected chi connectivity index (χ4v) is 1.99. The van der Waals surface area contributed by atoms with Crippen LogP contribution in [0.4, 0.5) is 0 Å². The monoisotopic (exact) mass is 283 g/mol. The number of ketones is 1. The normalized spacial score (nSPS) is 10.7. The number of ether oxygens (including phenoxy) is 1. The van der Waals surface area contributed by atoms with Gasteiger partial charge in [0.05, 0.1) is 5.69 Å². The van der Waals surface area contributed by atoms with Crippen LogP contribution in [0.1, 0.15) is 33.5 Å². The Morgan fingerprint density at radius 3 is 2.95 bits per heavy atom. The van der Waals surface area contributed by atoms with Crippen molar-refractivity contribution in [2.45, 2.75) is 13.5 Å². The van der Waals surface area contributed by atoms with Crippen molar-refractivity contribution in [2.24, 2.45) is 0 Å². The average molecular weight is 283 g/mol. The Hall–Kier alpha value is -2.89. The molecule has 21 heavy (non-hydrogen) atoms. The third kappa shape index (κ3) is 2.69. The lowest BCUT2D eigenvalue weighted by Crippen LogP contribution is -2.05. The van der Waals surface area contributed by atoms with Crippen LogP contribution in [0, 0.1) is 0 Å². The summed E-state index contributed by atoms with van der Waals surface area (Å²) < 4.78 is 7.03. The van der Waals surface area contributed by atoms with Gasteiger partial charge >= 0.3 is 5.97 Å². The number of nitrogens with one attached hydrogen (secondary N) is 1. The molecule has 106 valence electrons. The molecule has 3 aromatic heterocycles. The van der Waals surface area contributed by atoms with E-state index in [0.717, 1.165) is 5.65 Å². The molecule has 0 atom stereocenters. The molecule has 0 radical (unpaired) electrons. The van der Waals surface area contributed by atoms with Gasteiger partial charge in [0.15, 0.2) is 5.78 Å². The average Bonchev–Trinajstić information content (AvgIpc) is 3.11. The summed E-state index contributed by atoms with van der Waals surface area (Å²) in [5.41, 5.74) is 2.16. The fraction of sp³-hybridized carbons (Fsp3) is 0.133. The lowest BCUT2D eigenvalue weighted by molar-refractivity contribution is 0.0462. The number of esters is 1. The quantitative estimate of drug-likeness (QED) is 0.588. The molecule has 0 aliphatic carbocycles. The van der Waals surface area contributed by atoms with E-state index in [-0.39, 0.29) is 18.1 Å². The fourth-order valence-electron chi connectivity index (χ4n) is 1.99. The van der Waals surface area contributed by atoms with Crippen LogP contribution in [0.3, 0.4) is 0 Å². The van der Waals surface area contributed by atoms with Gasteiger partial charge < -0.3 is 14.1 Å². The molecule has 0 aliphatic rings. The topological polar surface area (TPSA) is 76.5 Å². The van der Waals surface area contributed by atoms with Gasteiger partial charge in [-0.15, -0.1) is 0 Å². The number of carbonyl (C=O) groups is 2. The predicted molar refractivity (Wildman–Crippen MR) is 75.1 cm³/mol. The van der Waals surface area contributed by atoms with Crippen molar-refractivity contribution in [3.05, 3.63) is 59.8 Å². The van der Waals surface area contributed by atoms with Crippen LogP contribution in [0.15, 0.2) is 42.9 Å². The van der Waals surface area contributed by atoms with Crippen molar-refractivity contribution in [2.75, 3.05) is 0 Å². The maximum absolute atomic E-state index is 11.9. The van der Waals surface area contributed by atoms with Crippen LogP contribution in [0.5, 0.6) is 0 Å². The van der Waals surface area contributed by atoms with E-state index in [2.05, 4.69) is 9.97 Å². The van der Waals surface area contributed by atoms with Crippen LogP contribution < -0.4 is 0 Å². The second kappa shape index (κ2) is 5.24. The summed E-state index contributed by atoms with van der Waals surface area (Å²) in [7, 11) is 0. The molecule has 3 heterocycles. The first-order valence-electron chi connectivity index (χ1n) is 6.42. The smallest absolute Gasteiger partial charge is 0.355 e. The Bertz CT molecular complexity index is 783. The third-order valence-corrected chi connectivity index (χ3v) is 3.07. The number of aromatic amines is 1. The summed E-state index contributed by atoms with van der Waals surface area (Å²) >= 11 is 0. The summed E-state index contributed by atoms with van der Waals surface area (Å²) in [4.78, 5) is 30.1. The number of aromatic nitrogens is 3. The van der Waals surface area contributed by atoms with E-state index in [9.17, 15) is 9.59 Å². The number of hydrogen-bond donors (Lipinski definition) is 1. The molecular weight excluding hydrogens is 270 g/mol. The number of pyridine rings is 1. The highest BCUT2D eigenvalue weighted by molar-refractivity contribution is 5.97. The molecule has 0 fully saturated rings. The summed E-state index contributed by atoms with van der Waals surface area (Å²) in [6.45, 7) is 1.52. The molecule has 0 saturated heterocycles. The number of Topliss-reactive ketones (excluding diaryl/α,β-unsaturated/α-hetero) is 1. The van der Waals surface area contributed by atoms with Gasteiger partial charge in [-0.05, 0) is 25.1 Å². The van der Waals surface area contributed by atoms with Crippen LogP contribution in [-0.4, -0.2) is 26.1 Å². The van der Waals surface area contributed by atoms with Crippen molar-refractivity contribution in [3.8, 4) is 0 Å². The molecule has 3 aromatic rings. The molecule has 0 bridgehead atoms. The zero-order chi connectivity index (χ0) is 14.8. The second-order valence-corrected chi connectivity index (χ2v) is 4.63. The number of carbonyl (C=O) groups excluding carboxylic acids is 2. The molecular formula is C15H13N3O3. The van der Waals surface area contributed by atoms with Gasteiger partial charge in [0.1, 0.15) is 17.9 Å². The lowest BCUT2D eigenvalue weighted by Gasteiger charge is -1.99. The standard InChI is InChI=1S/C15H13N3O3/c1-10(19)11-6-13(16-7-11)15(20)21-9-12-8-18-5-3-2-4-14(18)17-12/h2-8,16H,9H2,1H3. The SMILES string of the molecule is CC(=O)c1c[nH]c(C(=O)OCc2cn3ccccc3n2)c1. The van der Waals surface area contributed by atoms with E-state index < -0.39 is 5.97 Å². The molecule has 3 rings (SSSR count). The maximum Gasteiger partial charge on any atom is 0.355 e. The minimum Gasteiger partial charge on any atom is -0.454 e. The maximum atomic E-state index is 11.9. The van der Waals surface area contributed by atoms with Crippen molar-refractivity contribution >= 4 is 17.4 Å². The van der Waals surface area contributed by atoms with Crippen LogP contribution in [-0.2, 0) is 11.3 Å². The van der Waals surface area contributed by atoms with E-state index in [4.69, 9.17) is 4.74 Å². The first-order valence-corrected chi connectivity index (χ1v) is 6.42. The van der Waals surface area contributed by atoms with Gasteiger partial charge in [0, 0.05) is 24.2 Å². The van der Waals surface area contributed by atoms with Crippen LogP contribution >= 0.6 is 0 Å². The van der Waals surface area contributed by atoms with Gasteiger partial charge in [-0.3, -0.25) is 4.79 Å². The summed E-state index contributed by atoms with van der Waals surface area (Å²) in [6.07, 6.45) is 5.17. The van der Waals surface area contributed by atoms with E-state index in [0.29, 0.717) is 11.3 Å². The first-order chi connectivity index (χ1) is 10.1. The highest BCUT2D eigenvalue weighted by atomic mass is 16.5. The van der Waals surface area contributed by atoms with Gasteiger partial charge in [-0.1, -0.05) is 6.07 Å². The highest BCUT2D eigenvalue weighted by Crippen LogP contribution is 2.09. The molecule has 0 unspecified atom stereocenters. The Kier molecular flexibility index (Phi) is 3.27. The summed E-state index contributed by atoms with van der Waals surface area (Å²) in [5.74, 6) is -0.620. The second-order valence-electron chi connectivity index (χ2n) is 4.63. The van der Waals surface area contributed by atoms with Crippen molar-refractivity contribution in [1.82, 2.24) is 14.4 Å². The van der Waals surface area contributed by atoms with Crippen molar-refractivity contribution in [3.63, 3.8) is 0 Å². The van der Waals surface area contributed by atoms with E-state index >= 15 is 0 Å². The zero-order valence-corrected chi connectivity index (χ0v) is 11.4. The molecule has 6 nitrogen and oxygen atoms in total. The number of rotatable bonds is 4. The van der Waals surface area contributed by atoms with Crippen molar-refractivity contribution < 1.29 is 14.3 Å².